The Kier molecular flexibility index (Phi) is 3.98. The summed E-state index contributed by atoms with van der Waals surface area (Å²) in [6.45, 7) is 6.02. The second kappa shape index (κ2) is 6.14. The number of anilines is 1. The molecule has 0 bridgehead atoms. The van der Waals surface area contributed by atoms with Crippen molar-refractivity contribution in [3.8, 4) is 23.4 Å². The molecule has 5 N–H and O–H groups in total. The Morgan fingerprint density at radius 1 is 1.29 bits per heavy atom. The summed E-state index contributed by atoms with van der Waals surface area (Å²) >= 11 is 0. The zero-order valence-electron chi connectivity index (χ0n) is 16.2. The Hall–Kier alpha value is -3.24. The third-order valence-corrected chi connectivity index (χ3v) is 5.45. The number of hydrogen-bond donors (Lipinski definition) is 3. The standard InChI is InChI=1S/C21H23N5O2/c1-11-4-5-16(27)13(3)17(11)26-18(23)15(9-22)14-8-12(2)20(25-19(14)26)28-10-21(24)6-7-21/h4-5,8,27H,6-7,10,23-24H2,1-3H3. The highest BCUT2D eigenvalue weighted by molar-refractivity contribution is 5.92. The minimum absolute atomic E-state index is 0.155. The van der Waals surface area contributed by atoms with Crippen LogP contribution in [0.5, 0.6) is 11.6 Å². The van der Waals surface area contributed by atoms with Crippen LogP contribution in [-0.4, -0.2) is 26.8 Å². The van der Waals surface area contributed by atoms with E-state index in [2.05, 4.69) is 6.07 Å². The van der Waals surface area contributed by atoms with Crippen LogP contribution in [0.3, 0.4) is 0 Å². The lowest BCUT2D eigenvalue weighted by molar-refractivity contribution is 0.268. The summed E-state index contributed by atoms with van der Waals surface area (Å²) in [4.78, 5) is 4.70. The number of nitrogens with zero attached hydrogens (tertiary/aromatic N) is 3. The first kappa shape index (κ1) is 18.1. The molecule has 1 aliphatic carbocycles. The number of aromatic hydroxyl groups is 1. The molecular formula is C21H23N5O2. The zero-order chi connectivity index (χ0) is 20.2. The predicted octanol–water partition coefficient (Wildman–Crippen LogP) is 2.98. The Bertz CT molecular complexity index is 1150. The SMILES string of the molecule is Cc1cc2c(C#N)c(N)n(-c3c(C)ccc(O)c3C)c2nc1OCC1(N)CC1. The van der Waals surface area contributed by atoms with E-state index in [0.717, 1.165) is 24.0 Å². The highest BCUT2D eigenvalue weighted by Gasteiger charge is 2.39. The lowest BCUT2D eigenvalue weighted by Crippen LogP contribution is -2.30. The van der Waals surface area contributed by atoms with E-state index in [0.29, 0.717) is 40.3 Å². The number of benzene rings is 1. The first-order chi connectivity index (χ1) is 13.3. The number of nitrogens with two attached hydrogens (primary N) is 2. The van der Waals surface area contributed by atoms with Crippen LogP contribution >= 0.6 is 0 Å². The number of fused-ring (bicyclic) bond motifs is 1. The van der Waals surface area contributed by atoms with Crippen molar-refractivity contribution in [3.63, 3.8) is 0 Å². The van der Waals surface area contributed by atoms with Gasteiger partial charge in [0.05, 0.1) is 11.2 Å². The lowest BCUT2D eigenvalue weighted by atomic mass is 10.1. The van der Waals surface area contributed by atoms with Crippen molar-refractivity contribution < 1.29 is 9.84 Å². The molecule has 1 saturated carbocycles. The van der Waals surface area contributed by atoms with Gasteiger partial charge in [0.15, 0.2) is 5.65 Å². The largest absolute Gasteiger partial charge is 0.508 e. The molecule has 7 heteroatoms. The van der Waals surface area contributed by atoms with Crippen molar-refractivity contribution >= 4 is 16.9 Å². The molecule has 7 nitrogen and oxygen atoms in total. The summed E-state index contributed by atoms with van der Waals surface area (Å²) in [7, 11) is 0. The molecule has 2 heterocycles. The number of hydrogen-bond acceptors (Lipinski definition) is 6. The van der Waals surface area contributed by atoms with Crippen LogP contribution in [0.15, 0.2) is 18.2 Å². The van der Waals surface area contributed by atoms with Gasteiger partial charge in [-0.15, -0.1) is 0 Å². The molecule has 0 unspecified atom stereocenters. The topological polar surface area (TPSA) is 123 Å². The lowest BCUT2D eigenvalue weighted by Gasteiger charge is -2.16. The van der Waals surface area contributed by atoms with Crippen LogP contribution in [0, 0.1) is 32.1 Å². The fraction of sp³-hybridized carbons (Fsp3) is 0.333. The van der Waals surface area contributed by atoms with Gasteiger partial charge in [0.1, 0.15) is 29.8 Å². The van der Waals surface area contributed by atoms with Gasteiger partial charge in [-0.05, 0) is 51.3 Å². The van der Waals surface area contributed by atoms with E-state index >= 15 is 0 Å². The van der Waals surface area contributed by atoms with E-state index in [1.54, 1.807) is 10.6 Å². The average Bonchev–Trinajstić information content (AvgIpc) is 3.33. The molecule has 1 aliphatic rings. The summed E-state index contributed by atoms with van der Waals surface area (Å²) in [5.74, 6) is 0.918. The van der Waals surface area contributed by atoms with Crippen molar-refractivity contribution in [1.82, 2.24) is 9.55 Å². The molecular weight excluding hydrogens is 354 g/mol. The van der Waals surface area contributed by atoms with Crippen molar-refractivity contribution in [3.05, 3.63) is 40.5 Å². The molecule has 1 fully saturated rings. The van der Waals surface area contributed by atoms with E-state index in [1.165, 1.54) is 0 Å². The summed E-state index contributed by atoms with van der Waals surface area (Å²) in [5.41, 5.74) is 16.2. The fourth-order valence-electron chi connectivity index (χ4n) is 3.48. The number of ether oxygens (including phenoxy) is 1. The molecule has 4 rings (SSSR count). The molecule has 0 atom stereocenters. The molecule has 0 spiro atoms. The summed E-state index contributed by atoms with van der Waals surface area (Å²) < 4.78 is 7.63. The molecule has 0 aliphatic heterocycles. The maximum Gasteiger partial charge on any atom is 0.218 e. The van der Waals surface area contributed by atoms with Crippen molar-refractivity contribution in [2.24, 2.45) is 5.73 Å². The predicted molar refractivity (Wildman–Crippen MR) is 108 cm³/mol. The first-order valence-corrected chi connectivity index (χ1v) is 9.18. The Balaban J connectivity index is 1.97. The highest BCUT2D eigenvalue weighted by atomic mass is 16.5. The van der Waals surface area contributed by atoms with Crippen LogP contribution in [0.1, 0.15) is 35.1 Å². The van der Waals surface area contributed by atoms with Gasteiger partial charge in [-0.3, -0.25) is 4.57 Å². The number of phenols is 1. The van der Waals surface area contributed by atoms with Gasteiger partial charge in [0.25, 0.3) is 0 Å². The number of pyridine rings is 1. The van der Waals surface area contributed by atoms with Gasteiger partial charge in [-0.25, -0.2) is 0 Å². The molecule has 28 heavy (non-hydrogen) atoms. The number of nitrogen functional groups attached to an aromatic ring is 1. The highest BCUT2D eigenvalue weighted by Crippen LogP contribution is 2.38. The molecule has 0 amide bonds. The zero-order valence-corrected chi connectivity index (χ0v) is 16.2. The van der Waals surface area contributed by atoms with Crippen LogP contribution in [0.4, 0.5) is 5.82 Å². The Morgan fingerprint density at radius 2 is 2.00 bits per heavy atom. The van der Waals surface area contributed by atoms with E-state index < -0.39 is 0 Å². The van der Waals surface area contributed by atoms with E-state index in [4.69, 9.17) is 21.2 Å². The van der Waals surface area contributed by atoms with Gasteiger partial charge >= 0.3 is 0 Å². The van der Waals surface area contributed by atoms with E-state index in [1.807, 2.05) is 32.9 Å². The minimum Gasteiger partial charge on any atom is -0.508 e. The third-order valence-electron chi connectivity index (χ3n) is 5.45. The van der Waals surface area contributed by atoms with E-state index in [-0.39, 0.29) is 17.1 Å². The maximum atomic E-state index is 10.2. The number of phenolic OH excluding ortho intramolecular Hbond substituents is 1. The summed E-state index contributed by atoms with van der Waals surface area (Å²) in [6.07, 6.45) is 1.88. The summed E-state index contributed by atoms with van der Waals surface area (Å²) in [6, 6.07) is 7.51. The van der Waals surface area contributed by atoms with Gasteiger partial charge in [0.2, 0.25) is 5.88 Å². The monoisotopic (exact) mass is 377 g/mol. The van der Waals surface area contributed by atoms with Crippen LogP contribution in [0.25, 0.3) is 16.7 Å². The number of nitriles is 1. The molecule has 144 valence electrons. The number of aryl methyl sites for hydroxylation is 2. The van der Waals surface area contributed by atoms with Gasteiger partial charge < -0.3 is 21.3 Å². The third kappa shape index (κ3) is 2.74. The molecule has 3 aromatic rings. The normalized spacial score (nSPS) is 14.8. The molecule has 1 aromatic carbocycles. The van der Waals surface area contributed by atoms with E-state index in [9.17, 15) is 10.4 Å². The molecule has 0 saturated heterocycles. The quantitative estimate of drug-likeness (QED) is 0.642. The maximum absolute atomic E-state index is 10.2. The fourth-order valence-corrected chi connectivity index (χ4v) is 3.48. The average molecular weight is 377 g/mol. The van der Waals surface area contributed by atoms with Crippen LogP contribution in [0.2, 0.25) is 0 Å². The molecule has 2 aromatic heterocycles. The first-order valence-electron chi connectivity index (χ1n) is 9.18. The van der Waals surface area contributed by atoms with Gasteiger partial charge in [0, 0.05) is 16.5 Å². The van der Waals surface area contributed by atoms with Gasteiger partial charge in [-0.1, -0.05) is 6.07 Å². The van der Waals surface area contributed by atoms with Gasteiger partial charge in [-0.2, -0.15) is 10.2 Å². The van der Waals surface area contributed by atoms with Crippen molar-refractivity contribution in [1.29, 1.82) is 5.26 Å². The van der Waals surface area contributed by atoms with Crippen LogP contribution in [-0.2, 0) is 0 Å². The molecule has 0 radical (unpaired) electrons. The number of rotatable bonds is 4. The smallest absolute Gasteiger partial charge is 0.218 e. The second-order valence-electron chi connectivity index (χ2n) is 7.72. The minimum atomic E-state index is -0.264. The van der Waals surface area contributed by atoms with Crippen molar-refractivity contribution in [2.75, 3.05) is 12.3 Å². The number of aromatic nitrogens is 2. The van der Waals surface area contributed by atoms with Crippen molar-refractivity contribution in [2.45, 2.75) is 39.2 Å². The van der Waals surface area contributed by atoms with Crippen LogP contribution < -0.4 is 16.2 Å². The summed E-state index contributed by atoms with van der Waals surface area (Å²) in [5, 5.41) is 20.5. The Labute approximate surface area is 163 Å². The Morgan fingerprint density at radius 3 is 2.64 bits per heavy atom. The second-order valence-corrected chi connectivity index (χ2v) is 7.72.